The van der Waals surface area contributed by atoms with Crippen LogP contribution in [0.1, 0.15) is 66.4 Å². The molecular formula is C23H23ClN2O3S. The van der Waals surface area contributed by atoms with E-state index in [0.29, 0.717) is 33.9 Å². The average molecular weight is 443 g/mol. The molecule has 156 valence electrons. The predicted molar refractivity (Wildman–Crippen MR) is 118 cm³/mol. The molecule has 2 aromatic rings. The van der Waals surface area contributed by atoms with Gasteiger partial charge in [0.1, 0.15) is 11.8 Å². The third kappa shape index (κ3) is 4.53. The second-order valence-electron chi connectivity index (χ2n) is 7.99. The van der Waals surface area contributed by atoms with E-state index in [1.165, 1.54) is 18.4 Å². The van der Waals surface area contributed by atoms with Crippen LogP contribution in [0.2, 0.25) is 5.02 Å². The molecule has 0 heterocycles. The molecule has 2 aromatic carbocycles. The highest BCUT2D eigenvalue weighted by Crippen LogP contribution is 2.45. The Bertz CT molecular complexity index is 1010. The summed E-state index contributed by atoms with van der Waals surface area (Å²) in [6.45, 7) is 2.06. The highest BCUT2D eigenvalue weighted by Gasteiger charge is 2.28. The molecule has 0 spiro atoms. The van der Waals surface area contributed by atoms with Gasteiger partial charge in [-0.05, 0) is 80.2 Å². The fraction of sp³-hybridized carbons (Fsp3) is 0.391. The van der Waals surface area contributed by atoms with Crippen LogP contribution in [0.4, 0.5) is 5.69 Å². The molecule has 30 heavy (non-hydrogen) atoms. The summed E-state index contributed by atoms with van der Waals surface area (Å²) in [5.74, 6) is 0.670. The lowest BCUT2D eigenvalue weighted by Crippen LogP contribution is -2.29. The number of carboxylic acid groups (broad SMARTS) is 1. The van der Waals surface area contributed by atoms with E-state index in [1.54, 1.807) is 24.3 Å². The first-order chi connectivity index (χ1) is 14.5. The molecule has 0 radical (unpaired) electrons. The Morgan fingerprint density at radius 3 is 2.67 bits per heavy atom. The minimum absolute atomic E-state index is 0.0608. The van der Waals surface area contributed by atoms with Gasteiger partial charge in [0.15, 0.2) is 0 Å². The van der Waals surface area contributed by atoms with Gasteiger partial charge >= 0.3 is 5.97 Å². The highest BCUT2D eigenvalue weighted by atomic mass is 35.5. The van der Waals surface area contributed by atoms with Gasteiger partial charge in [-0.25, -0.2) is 4.79 Å². The quantitative estimate of drug-likeness (QED) is 0.455. The van der Waals surface area contributed by atoms with E-state index in [4.69, 9.17) is 16.3 Å². The van der Waals surface area contributed by atoms with Crippen LogP contribution in [0.15, 0.2) is 35.2 Å². The van der Waals surface area contributed by atoms with Crippen LogP contribution in [0.25, 0.3) is 0 Å². The van der Waals surface area contributed by atoms with Crippen molar-refractivity contribution < 1.29 is 14.6 Å². The maximum atomic E-state index is 11.4. The number of carbonyl (C=O) groups is 1. The van der Waals surface area contributed by atoms with Gasteiger partial charge in [0.2, 0.25) is 0 Å². The normalized spacial score (nSPS) is 17.0. The highest BCUT2D eigenvalue weighted by molar-refractivity contribution is 8.00. The van der Waals surface area contributed by atoms with Crippen LogP contribution < -0.4 is 9.46 Å². The Morgan fingerprint density at radius 2 is 2.07 bits per heavy atom. The zero-order chi connectivity index (χ0) is 21.3. The van der Waals surface area contributed by atoms with Crippen LogP contribution in [-0.4, -0.2) is 17.2 Å². The number of hydrogen-bond acceptors (Lipinski definition) is 5. The molecule has 4 rings (SSSR count). The minimum Gasteiger partial charge on any atom is -0.488 e. The summed E-state index contributed by atoms with van der Waals surface area (Å²) in [7, 11) is 0. The van der Waals surface area contributed by atoms with Crippen molar-refractivity contribution in [2.24, 2.45) is 5.92 Å². The van der Waals surface area contributed by atoms with Gasteiger partial charge in [0, 0.05) is 11.0 Å². The van der Waals surface area contributed by atoms with Crippen LogP contribution >= 0.6 is 23.5 Å². The van der Waals surface area contributed by atoms with Crippen molar-refractivity contribution in [1.29, 1.82) is 5.26 Å². The van der Waals surface area contributed by atoms with Gasteiger partial charge in [0.25, 0.3) is 0 Å². The van der Waals surface area contributed by atoms with E-state index in [-0.39, 0.29) is 11.7 Å². The summed E-state index contributed by atoms with van der Waals surface area (Å²) in [5, 5.41) is 19.1. The lowest BCUT2D eigenvalue weighted by Gasteiger charge is -2.32. The van der Waals surface area contributed by atoms with Gasteiger partial charge in [-0.15, -0.1) is 0 Å². The summed E-state index contributed by atoms with van der Waals surface area (Å²) in [5.41, 5.74) is 2.43. The van der Waals surface area contributed by atoms with Crippen molar-refractivity contribution in [3.05, 3.63) is 52.0 Å². The Labute approximate surface area is 185 Å². The number of hydrogen-bond donors (Lipinski definition) is 2. The largest absolute Gasteiger partial charge is 0.488 e. The van der Waals surface area contributed by atoms with Crippen molar-refractivity contribution in [3.8, 4) is 11.8 Å². The second-order valence-corrected chi connectivity index (χ2v) is 9.25. The predicted octanol–water partition coefficient (Wildman–Crippen LogP) is 6.47. The maximum absolute atomic E-state index is 11.4. The summed E-state index contributed by atoms with van der Waals surface area (Å²) in [6.07, 6.45) is 5.85. The molecule has 0 aliphatic heterocycles. The molecular weight excluding hydrogens is 420 g/mol. The molecule has 1 unspecified atom stereocenters. The number of nitriles is 1. The summed E-state index contributed by atoms with van der Waals surface area (Å²) in [4.78, 5) is 12.3. The molecule has 0 aromatic heterocycles. The van der Waals surface area contributed by atoms with Gasteiger partial charge in [-0.1, -0.05) is 24.1 Å². The standard InChI is InChI=1S/C23H23ClN2O3S/c1-13(14-3-2-4-14)29-21-11-19(24)17(12-25)9-20(21)26-30-22-10-16(23(27)28)7-8-18(22)15-5-6-15/h7-11,13-15,26H,2-6H2,1H3,(H,27,28). The molecule has 0 amide bonds. The monoisotopic (exact) mass is 442 g/mol. The summed E-state index contributed by atoms with van der Waals surface area (Å²) in [6, 6.07) is 10.8. The number of anilines is 1. The fourth-order valence-electron chi connectivity index (χ4n) is 3.62. The van der Waals surface area contributed by atoms with E-state index in [9.17, 15) is 15.2 Å². The smallest absolute Gasteiger partial charge is 0.335 e. The number of aromatic carboxylic acids is 1. The van der Waals surface area contributed by atoms with Crippen molar-refractivity contribution in [2.75, 3.05) is 4.72 Å². The molecule has 1 atom stereocenters. The number of carboxylic acids is 1. The second kappa shape index (κ2) is 8.79. The summed E-state index contributed by atoms with van der Waals surface area (Å²) >= 11 is 7.61. The van der Waals surface area contributed by atoms with Crippen LogP contribution in [0, 0.1) is 17.2 Å². The number of benzene rings is 2. The Morgan fingerprint density at radius 1 is 1.30 bits per heavy atom. The molecule has 5 nitrogen and oxygen atoms in total. The average Bonchev–Trinajstić information content (AvgIpc) is 3.50. The van der Waals surface area contributed by atoms with E-state index in [0.717, 1.165) is 36.1 Å². The van der Waals surface area contributed by atoms with Gasteiger partial charge in [-0.2, -0.15) is 5.26 Å². The molecule has 2 aliphatic rings. The van der Waals surface area contributed by atoms with E-state index < -0.39 is 5.97 Å². The zero-order valence-electron chi connectivity index (χ0n) is 16.7. The van der Waals surface area contributed by atoms with E-state index in [2.05, 4.69) is 17.7 Å². The SMILES string of the molecule is CC(Oc1cc(Cl)c(C#N)cc1NSc1cc(C(=O)O)ccc1C1CC1)C1CCC1. The maximum Gasteiger partial charge on any atom is 0.335 e. The zero-order valence-corrected chi connectivity index (χ0v) is 18.2. The van der Waals surface area contributed by atoms with Crippen LogP contribution in [0.3, 0.4) is 0 Å². The van der Waals surface area contributed by atoms with Crippen molar-refractivity contribution >= 4 is 35.2 Å². The Kier molecular flexibility index (Phi) is 6.12. The lowest BCUT2D eigenvalue weighted by molar-refractivity contribution is 0.0696. The van der Waals surface area contributed by atoms with Crippen molar-refractivity contribution in [1.82, 2.24) is 0 Å². The third-order valence-corrected chi connectivity index (χ3v) is 7.07. The first-order valence-corrected chi connectivity index (χ1v) is 11.4. The first-order valence-electron chi connectivity index (χ1n) is 10.2. The van der Waals surface area contributed by atoms with Gasteiger partial charge < -0.3 is 14.6 Å². The minimum atomic E-state index is -0.948. The van der Waals surface area contributed by atoms with Gasteiger partial charge in [0.05, 0.1) is 27.9 Å². The molecule has 2 aliphatic carbocycles. The number of nitrogens with zero attached hydrogens (tertiary/aromatic N) is 1. The number of ether oxygens (including phenoxy) is 1. The Balaban J connectivity index is 1.60. The first kappa shape index (κ1) is 20.9. The van der Waals surface area contributed by atoms with E-state index in [1.807, 2.05) is 6.07 Å². The topological polar surface area (TPSA) is 82.3 Å². The number of rotatable bonds is 8. The van der Waals surface area contributed by atoms with Crippen molar-refractivity contribution in [2.45, 2.75) is 55.9 Å². The molecule has 2 fully saturated rings. The molecule has 2 N–H and O–H groups in total. The summed E-state index contributed by atoms with van der Waals surface area (Å²) < 4.78 is 9.50. The van der Waals surface area contributed by atoms with E-state index >= 15 is 0 Å². The molecule has 0 bridgehead atoms. The Hall–Kier alpha value is -2.36. The molecule has 0 saturated heterocycles. The van der Waals surface area contributed by atoms with Crippen LogP contribution in [-0.2, 0) is 0 Å². The molecule has 7 heteroatoms. The van der Waals surface area contributed by atoms with Crippen LogP contribution in [0.5, 0.6) is 5.75 Å². The van der Waals surface area contributed by atoms with Gasteiger partial charge in [-0.3, -0.25) is 0 Å². The number of halogens is 1. The van der Waals surface area contributed by atoms with Crippen molar-refractivity contribution in [3.63, 3.8) is 0 Å². The fourth-order valence-corrected chi connectivity index (χ4v) is 4.73. The lowest BCUT2D eigenvalue weighted by atomic mass is 9.82. The number of nitrogens with one attached hydrogen (secondary N) is 1. The molecule has 2 saturated carbocycles. The third-order valence-electron chi connectivity index (χ3n) is 5.86.